The Balaban J connectivity index is 2.03. The molecule has 1 heterocycles. The Morgan fingerprint density at radius 3 is 2.96 bits per heavy atom. The fourth-order valence-electron chi connectivity index (χ4n) is 2.48. The van der Waals surface area contributed by atoms with Crippen LogP contribution in [-0.4, -0.2) is 22.5 Å². The maximum absolute atomic E-state index is 12.8. The van der Waals surface area contributed by atoms with Crippen molar-refractivity contribution in [3.8, 4) is 18.1 Å². The second kappa shape index (κ2) is 7.98. The van der Waals surface area contributed by atoms with Gasteiger partial charge in [-0.1, -0.05) is 40.9 Å². The highest BCUT2D eigenvalue weighted by Gasteiger charge is 2.09. The second-order valence-electron chi connectivity index (χ2n) is 5.47. The largest absolute Gasteiger partial charge is 0.481 e. The van der Waals surface area contributed by atoms with Gasteiger partial charge in [-0.15, -0.1) is 6.42 Å². The number of rotatable bonds is 5. The Kier molecular flexibility index (Phi) is 5.49. The zero-order chi connectivity index (χ0) is 18.5. The molecule has 0 saturated carbocycles. The van der Waals surface area contributed by atoms with Crippen LogP contribution >= 0.6 is 15.9 Å². The van der Waals surface area contributed by atoms with Gasteiger partial charge in [0, 0.05) is 10.9 Å². The predicted octanol–water partition coefficient (Wildman–Crippen LogP) is 3.62. The summed E-state index contributed by atoms with van der Waals surface area (Å²) in [4.78, 5) is 17.4. The van der Waals surface area contributed by atoms with E-state index >= 15 is 0 Å². The zero-order valence-electron chi connectivity index (χ0n) is 14.1. The molecule has 0 N–H and O–H groups in total. The van der Waals surface area contributed by atoms with Crippen LogP contribution in [0.3, 0.4) is 0 Å². The first kappa shape index (κ1) is 17.9. The number of terminal acetylenes is 1. The molecule has 0 fully saturated rings. The van der Waals surface area contributed by atoms with Crippen LogP contribution in [0.15, 0.2) is 56.8 Å². The Morgan fingerprint density at radius 2 is 2.19 bits per heavy atom. The van der Waals surface area contributed by atoms with Gasteiger partial charge in [0.1, 0.15) is 18.2 Å². The van der Waals surface area contributed by atoms with E-state index in [2.05, 4.69) is 31.9 Å². The Hall–Kier alpha value is -2.91. The number of fused-ring (bicyclic) bond motifs is 1. The molecule has 3 aromatic rings. The van der Waals surface area contributed by atoms with Crippen molar-refractivity contribution in [3.63, 3.8) is 0 Å². The highest BCUT2D eigenvalue weighted by molar-refractivity contribution is 9.10. The van der Waals surface area contributed by atoms with Gasteiger partial charge < -0.3 is 4.74 Å². The second-order valence-corrected chi connectivity index (χ2v) is 6.39. The number of ether oxygens (including phenoxy) is 1. The molecule has 0 amide bonds. The molecule has 1 aromatic heterocycles. The maximum Gasteiger partial charge on any atom is 0.282 e. The van der Waals surface area contributed by atoms with Crippen LogP contribution in [0.25, 0.3) is 10.9 Å². The smallest absolute Gasteiger partial charge is 0.282 e. The highest BCUT2D eigenvalue weighted by atomic mass is 79.9. The van der Waals surface area contributed by atoms with Crippen molar-refractivity contribution in [1.82, 2.24) is 9.66 Å². The lowest BCUT2D eigenvalue weighted by Crippen LogP contribution is -2.22. The summed E-state index contributed by atoms with van der Waals surface area (Å²) >= 11 is 3.39. The molecule has 26 heavy (non-hydrogen) atoms. The van der Waals surface area contributed by atoms with Crippen molar-refractivity contribution in [2.75, 3.05) is 6.61 Å². The van der Waals surface area contributed by atoms with E-state index in [1.165, 1.54) is 4.68 Å². The molecule has 0 aliphatic rings. The first-order valence-corrected chi connectivity index (χ1v) is 8.83. The monoisotopic (exact) mass is 409 g/mol. The molecule has 130 valence electrons. The Labute approximate surface area is 159 Å². The Bertz CT molecular complexity index is 1080. The molecule has 0 bridgehead atoms. The molecule has 6 heteroatoms. The number of aryl methyl sites for hydroxylation is 1. The van der Waals surface area contributed by atoms with Crippen LogP contribution in [0.4, 0.5) is 0 Å². The summed E-state index contributed by atoms with van der Waals surface area (Å²) in [5.41, 5.74) is 1.25. The summed E-state index contributed by atoms with van der Waals surface area (Å²) in [5, 5.41) is 4.87. The van der Waals surface area contributed by atoms with Crippen LogP contribution in [0.5, 0.6) is 5.75 Å². The van der Waals surface area contributed by atoms with Crippen LogP contribution in [0.1, 0.15) is 18.3 Å². The molecule has 2 aromatic carbocycles. The van der Waals surface area contributed by atoms with Gasteiger partial charge in [0.15, 0.2) is 0 Å². The van der Waals surface area contributed by atoms with Crippen molar-refractivity contribution in [3.05, 3.63) is 68.7 Å². The van der Waals surface area contributed by atoms with Gasteiger partial charge in [0.05, 0.1) is 17.1 Å². The summed E-state index contributed by atoms with van der Waals surface area (Å²) in [6.45, 7) is 2.14. The van der Waals surface area contributed by atoms with E-state index in [1.807, 2.05) is 43.3 Å². The first-order valence-electron chi connectivity index (χ1n) is 8.04. The third-order valence-corrected chi connectivity index (χ3v) is 4.19. The van der Waals surface area contributed by atoms with E-state index in [4.69, 9.17) is 11.2 Å². The number of hydrogen-bond acceptors (Lipinski definition) is 4. The minimum atomic E-state index is -0.205. The molecule has 0 aliphatic carbocycles. The van der Waals surface area contributed by atoms with Crippen molar-refractivity contribution >= 4 is 33.0 Å². The van der Waals surface area contributed by atoms with Gasteiger partial charge in [-0.2, -0.15) is 9.78 Å². The fraction of sp³-hybridized carbons (Fsp3) is 0.150. The van der Waals surface area contributed by atoms with E-state index < -0.39 is 0 Å². The zero-order valence-corrected chi connectivity index (χ0v) is 15.7. The SMILES string of the molecule is C#CCOc1cccc(C=Nn2c(CC)nc3ccc(Br)cc3c2=O)c1. The number of aromatic nitrogens is 2. The van der Waals surface area contributed by atoms with Crippen LogP contribution in [0, 0.1) is 12.3 Å². The normalized spacial score (nSPS) is 11.0. The molecular formula is C20H16BrN3O2. The first-order chi connectivity index (χ1) is 12.6. The molecule has 0 spiro atoms. The summed E-state index contributed by atoms with van der Waals surface area (Å²) in [6, 6.07) is 12.8. The van der Waals surface area contributed by atoms with Crippen LogP contribution in [-0.2, 0) is 6.42 Å². The molecule has 3 rings (SSSR count). The van der Waals surface area contributed by atoms with Crippen LogP contribution in [0.2, 0.25) is 0 Å². The third kappa shape index (κ3) is 3.84. The molecule has 0 atom stereocenters. The van der Waals surface area contributed by atoms with Gasteiger partial charge in [-0.3, -0.25) is 4.79 Å². The summed E-state index contributed by atoms with van der Waals surface area (Å²) in [5.74, 6) is 3.67. The minimum Gasteiger partial charge on any atom is -0.481 e. The molecular weight excluding hydrogens is 394 g/mol. The third-order valence-electron chi connectivity index (χ3n) is 3.69. The van der Waals surface area contributed by atoms with E-state index in [1.54, 1.807) is 12.3 Å². The van der Waals surface area contributed by atoms with Crippen molar-refractivity contribution in [1.29, 1.82) is 0 Å². The van der Waals surface area contributed by atoms with E-state index in [0.717, 1.165) is 10.0 Å². The summed E-state index contributed by atoms with van der Waals surface area (Å²) < 4.78 is 7.56. The van der Waals surface area contributed by atoms with Crippen molar-refractivity contribution < 1.29 is 4.74 Å². The average Bonchev–Trinajstić information content (AvgIpc) is 2.66. The quantitative estimate of drug-likeness (QED) is 0.477. The van der Waals surface area contributed by atoms with E-state index in [9.17, 15) is 4.79 Å². The lowest BCUT2D eigenvalue weighted by Gasteiger charge is -2.08. The maximum atomic E-state index is 12.8. The fourth-order valence-corrected chi connectivity index (χ4v) is 2.84. The minimum absolute atomic E-state index is 0.198. The standard InChI is InChI=1S/C20H16BrN3O2/c1-3-10-26-16-7-5-6-14(11-16)13-22-24-19(4-2)23-18-9-8-15(21)12-17(18)20(24)25/h1,5-9,11-13H,4,10H2,2H3. The van der Waals surface area contributed by atoms with E-state index in [-0.39, 0.29) is 12.2 Å². The lowest BCUT2D eigenvalue weighted by molar-refractivity contribution is 0.370. The van der Waals surface area contributed by atoms with Crippen molar-refractivity contribution in [2.45, 2.75) is 13.3 Å². The molecule has 5 nitrogen and oxygen atoms in total. The number of halogens is 1. The topological polar surface area (TPSA) is 56.5 Å². The Morgan fingerprint density at radius 1 is 1.35 bits per heavy atom. The highest BCUT2D eigenvalue weighted by Crippen LogP contribution is 2.16. The number of nitrogens with zero attached hydrogens (tertiary/aromatic N) is 3. The average molecular weight is 410 g/mol. The van der Waals surface area contributed by atoms with E-state index in [0.29, 0.717) is 28.9 Å². The van der Waals surface area contributed by atoms with Crippen LogP contribution < -0.4 is 10.3 Å². The van der Waals surface area contributed by atoms with Gasteiger partial charge in [-0.25, -0.2) is 4.98 Å². The number of hydrogen-bond donors (Lipinski definition) is 0. The van der Waals surface area contributed by atoms with Gasteiger partial charge in [0.25, 0.3) is 5.56 Å². The predicted molar refractivity (Wildman–Crippen MR) is 107 cm³/mol. The van der Waals surface area contributed by atoms with Gasteiger partial charge in [0.2, 0.25) is 0 Å². The lowest BCUT2D eigenvalue weighted by atomic mass is 10.2. The molecule has 0 radical (unpaired) electrons. The summed E-state index contributed by atoms with van der Waals surface area (Å²) in [7, 11) is 0. The summed E-state index contributed by atoms with van der Waals surface area (Å²) in [6.07, 6.45) is 7.40. The van der Waals surface area contributed by atoms with Crippen molar-refractivity contribution in [2.24, 2.45) is 5.10 Å². The van der Waals surface area contributed by atoms with Gasteiger partial charge >= 0.3 is 0 Å². The molecule has 0 unspecified atom stereocenters. The number of benzene rings is 2. The molecule has 0 aliphatic heterocycles. The molecule has 0 saturated heterocycles. The van der Waals surface area contributed by atoms with Gasteiger partial charge in [-0.05, 0) is 35.9 Å².